The van der Waals surface area contributed by atoms with E-state index in [0.717, 1.165) is 51.7 Å². The van der Waals surface area contributed by atoms with Crippen molar-refractivity contribution >= 4 is 5.91 Å². The Morgan fingerprint density at radius 1 is 1.47 bits per heavy atom. The lowest BCUT2D eigenvalue weighted by Gasteiger charge is -2.36. The lowest BCUT2D eigenvalue weighted by atomic mass is 9.76. The first-order valence-electron chi connectivity index (χ1n) is 7.10. The van der Waals surface area contributed by atoms with Crippen LogP contribution in [0.25, 0.3) is 0 Å². The van der Waals surface area contributed by atoms with Crippen LogP contribution in [0, 0.1) is 11.3 Å². The van der Waals surface area contributed by atoms with Gasteiger partial charge in [-0.15, -0.1) is 0 Å². The molecule has 0 aromatic heterocycles. The maximum Gasteiger partial charge on any atom is 0.227 e. The summed E-state index contributed by atoms with van der Waals surface area (Å²) >= 11 is 0. The van der Waals surface area contributed by atoms with Gasteiger partial charge in [0, 0.05) is 13.1 Å². The molecular formula is C14H28N2O. The molecule has 17 heavy (non-hydrogen) atoms. The summed E-state index contributed by atoms with van der Waals surface area (Å²) in [6.45, 7) is 9.28. The first-order chi connectivity index (χ1) is 8.10. The molecule has 1 aliphatic rings. The Labute approximate surface area is 106 Å². The highest BCUT2D eigenvalue weighted by atomic mass is 16.2. The van der Waals surface area contributed by atoms with Crippen molar-refractivity contribution in [2.45, 2.75) is 52.9 Å². The molecule has 1 unspecified atom stereocenters. The fraction of sp³-hybridized carbons (Fsp3) is 0.929. The van der Waals surface area contributed by atoms with Gasteiger partial charge in [-0.3, -0.25) is 4.79 Å². The minimum Gasteiger partial charge on any atom is -0.356 e. The van der Waals surface area contributed by atoms with E-state index in [1.165, 1.54) is 0 Å². The summed E-state index contributed by atoms with van der Waals surface area (Å²) < 4.78 is 0. The Morgan fingerprint density at radius 2 is 2.24 bits per heavy atom. The average molecular weight is 240 g/mol. The Bertz CT molecular complexity index is 227. The highest BCUT2D eigenvalue weighted by Crippen LogP contribution is 2.31. The monoisotopic (exact) mass is 240 g/mol. The van der Waals surface area contributed by atoms with Crippen LogP contribution in [0.5, 0.6) is 0 Å². The van der Waals surface area contributed by atoms with Gasteiger partial charge in [0.25, 0.3) is 0 Å². The summed E-state index contributed by atoms with van der Waals surface area (Å²) in [5, 5.41) is 6.51. The van der Waals surface area contributed by atoms with Gasteiger partial charge < -0.3 is 10.6 Å². The molecule has 0 aromatic carbocycles. The van der Waals surface area contributed by atoms with Crippen molar-refractivity contribution in [3.05, 3.63) is 0 Å². The number of hydrogen-bond acceptors (Lipinski definition) is 2. The number of rotatable bonds is 6. The van der Waals surface area contributed by atoms with Crippen LogP contribution in [0.1, 0.15) is 52.9 Å². The summed E-state index contributed by atoms with van der Waals surface area (Å²) in [4.78, 5) is 12.3. The van der Waals surface area contributed by atoms with E-state index in [1.807, 2.05) is 0 Å². The van der Waals surface area contributed by atoms with Crippen LogP contribution in [0.2, 0.25) is 0 Å². The third-order valence-electron chi connectivity index (χ3n) is 3.69. The van der Waals surface area contributed by atoms with Gasteiger partial charge in [-0.25, -0.2) is 0 Å². The molecule has 3 nitrogen and oxygen atoms in total. The number of piperidine rings is 1. The van der Waals surface area contributed by atoms with E-state index in [9.17, 15) is 4.79 Å². The van der Waals surface area contributed by atoms with Crippen molar-refractivity contribution in [3.63, 3.8) is 0 Å². The molecule has 1 saturated heterocycles. The molecule has 0 aromatic rings. The van der Waals surface area contributed by atoms with Gasteiger partial charge in [0.1, 0.15) is 0 Å². The maximum absolute atomic E-state index is 12.3. The third-order valence-corrected chi connectivity index (χ3v) is 3.69. The molecule has 0 spiro atoms. The van der Waals surface area contributed by atoms with Gasteiger partial charge in [-0.05, 0) is 38.1 Å². The highest BCUT2D eigenvalue weighted by molar-refractivity contribution is 5.83. The normalized spacial score (nSPS) is 24.9. The molecule has 1 atom stereocenters. The second-order valence-corrected chi connectivity index (χ2v) is 5.75. The van der Waals surface area contributed by atoms with Gasteiger partial charge in [-0.1, -0.05) is 27.2 Å². The summed E-state index contributed by atoms with van der Waals surface area (Å²) in [6, 6.07) is 0. The zero-order chi connectivity index (χ0) is 12.7. The molecule has 2 N–H and O–H groups in total. The molecule has 0 radical (unpaired) electrons. The van der Waals surface area contributed by atoms with E-state index < -0.39 is 0 Å². The first-order valence-corrected chi connectivity index (χ1v) is 7.10. The van der Waals surface area contributed by atoms with E-state index in [-0.39, 0.29) is 11.3 Å². The fourth-order valence-electron chi connectivity index (χ4n) is 2.63. The van der Waals surface area contributed by atoms with Crippen LogP contribution in [0.3, 0.4) is 0 Å². The van der Waals surface area contributed by atoms with Crippen molar-refractivity contribution in [2.24, 2.45) is 11.3 Å². The van der Waals surface area contributed by atoms with E-state index in [4.69, 9.17) is 0 Å². The van der Waals surface area contributed by atoms with Crippen molar-refractivity contribution in [2.75, 3.05) is 19.6 Å². The van der Waals surface area contributed by atoms with Crippen molar-refractivity contribution in [1.82, 2.24) is 10.6 Å². The predicted octanol–water partition coefficient (Wildman–Crippen LogP) is 2.32. The van der Waals surface area contributed by atoms with Crippen LogP contribution in [0.4, 0.5) is 0 Å². The highest BCUT2D eigenvalue weighted by Gasteiger charge is 2.38. The largest absolute Gasteiger partial charge is 0.356 e. The van der Waals surface area contributed by atoms with Gasteiger partial charge in [-0.2, -0.15) is 0 Å². The van der Waals surface area contributed by atoms with Crippen LogP contribution < -0.4 is 10.6 Å². The number of nitrogens with one attached hydrogen (secondary N) is 2. The minimum absolute atomic E-state index is 0.135. The molecule has 0 saturated carbocycles. The zero-order valence-corrected chi connectivity index (χ0v) is 11.6. The molecule has 100 valence electrons. The maximum atomic E-state index is 12.3. The smallest absolute Gasteiger partial charge is 0.227 e. The lowest BCUT2D eigenvalue weighted by Crippen LogP contribution is -2.50. The SMILES string of the molecule is CCCC1(C(=O)NCCC(C)C)CCCNC1. The summed E-state index contributed by atoms with van der Waals surface area (Å²) in [5.74, 6) is 0.925. The quantitative estimate of drug-likeness (QED) is 0.748. The Hall–Kier alpha value is -0.570. The lowest BCUT2D eigenvalue weighted by molar-refractivity contribution is -0.132. The van der Waals surface area contributed by atoms with E-state index >= 15 is 0 Å². The molecular weight excluding hydrogens is 212 g/mol. The number of amides is 1. The summed E-state index contributed by atoms with van der Waals surface area (Å²) in [5.41, 5.74) is -0.135. The summed E-state index contributed by atoms with van der Waals surface area (Å²) in [7, 11) is 0. The molecule has 3 heteroatoms. The van der Waals surface area contributed by atoms with Crippen LogP contribution in [0.15, 0.2) is 0 Å². The van der Waals surface area contributed by atoms with Crippen molar-refractivity contribution in [1.29, 1.82) is 0 Å². The topological polar surface area (TPSA) is 41.1 Å². The number of hydrogen-bond donors (Lipinski definition) is 2. The predicted molar refractivity (Wildman–Crippen MR) is 71.9 cm³/mol. The first kappa shape index (κ1) is 14.5. The van der Waals surface area contributed by atoms with Crippen molar-refractivity contribution in [3.8, 4) is 0 Å². The van der Waals surface area contributed by atoms with Gasteiger partial charge in [0.15, 0.2) is 0 Å². The zero-order valence-electron chi connectivity index (χ0n) is 11.6. The molecule has 1 rings (SSSR count). The molecule has 1 fully saturated rings. The Balaban J connectivity index is 2.48. The van der Waals surface area contributed by atoms with Gasteiger partial charge in [0.2, 0.25) is 5.91 Å². The number of carbonyl (C=O) groups is 1. The standard InChI is InChI=1S/C14H28N2O/c1-4-7-14(8-5-9-15-11-14)13(17)16-10-6-12(2)3/h12,15H,4-11H2,1-3H3,(H,16,17). The molecule has 0 bridgehead atoms. The fourth-order valence-corrected chi connectivity index (χ4v) is 2.63. The van der Waals surface area contributed by atoms with E-state index in [0.29, 0.717) is 5.92 Å². The Kier molecular flexibility index (Phi) is 5.96. The molecule has 1 amide bonds. The molecule has 1 aliphatic heterocycles. The third kappa shape index (κ3) is 4.30. The van der Waals surface area contributed by atoms with E-state index in [1.54, 1.807) is 0 Å². The average Bonchev–Trinajstić information content (AvgIpc) is 2.30. The van der Waals surface area contributed by atoms with Gasteiger partial charge >= 0.3 is 0 Å². The molecule has 0 aliphatic carbocycles. The van der Waals surface area contributed by atoms with E-state index in [2.05, 4.69) is 31.4 Å². The van der Waals surface area contributed by atoms with Crippen LogP contribution in [-0.4, -0.2) is 25.5 Å². The second kappa shape index (κ2) is 7.00. The van der Waals surface area contributed by atoms with Crippen LogP contribution in [-0.2, 0) is 4.79 Å². The van der Waals surface area contributed by atoms with Gasteiger partial charge in [0.05, 0.1) is 5.41 Å². The van der Waals surface area contributed by atoms with Crippen molar-refractivity contribution < 1.29 is 4.79 Å². The minimum atomic E-state index is -0.135. The Morgan fingerprint density at radius 3 is 2.76 bits per heavy atom. The molecule has 1 heterocycles. The van der Waals surface area contributed by atoms with Crippen LogP contribution >= 0.6 is 0 Å². The second-order valence-electron chi connectivity index (χ2n) is 5.75. The summed E-state index contributed by atoms with van der Waals surface area (Å²) in [6.07, 6.45) is 5.33. The number of carbonyl (C=O) groups excluding carboxylic acids is 1.